The van der Waals surface area contributed by atoms with Gasteiger partial charge in [-0.25, -0.2) is 22.6 Å². The largest absolute Gasteiger partial charge is 0.726 e. The second-order valence-corrected chi connectivity index (χ2v) is 9.23. The highest BCUT2D eigenvalue weighted by molar-refractivity contribution is 7.80. The van der Waals surface area contributed by atoms with E-state index in [0.717, 1.165) is 46.1 Å². The van der Waals surface area contributed by atoms with Crippen LogP contribution in [0.4, 0.5) is 13.2 Å². The van der Waals surface area contributed by atoms with E-state index >= 15 is 0 Å². The van der Waals surface area contributed by atoms with Gasteiger partial charge in [-0.05, 0) is 25.0 Å². The Labute approximate surface area is 220 Å². The number of nitrogens with one attached hydrogen (secondary N) is 1. The summed E-state index contributed by atoms with van der Waals surface area (Å²) in [4.78, 5) is 27.1. The molecule has 0 aliphatic heterocycles. The van der Waals surface area contributed by atoms with E-state index in [4.69, 9.17) is 4.74 Å². The summed E-state index contributed by atoms with van der Waals surface area (Å²) < 4.78 is 84.3. The van der Waals surface area contributed by atoms with Crippen molar-refractivity contribution in [2.24, 2.45) is 0 Å². The highest BCUT2D eigenvalue weighted by atomic mass is 32.3. The van der Waals surface area contributed by atoms with E-state index in [-0.39, 0.29) is 23.3 Å². The van der Waals surface area contributed by atoms with E-state index in [2.05, 4.69) is 20.8 Å². The normalized spacial score (nSPS) is 12.3. The van der Waals surface area contributed by atoms with Crippen molar-refractivity contribution in [3.05, 3.63) is 53.1 Å². The van der Waals surface area contributed by atoms with Crippen LogP contribution in [-0.2, 0) is 35.0 Å². The molecular formula is C24H33F3N2O8S. The van der Waals surface area contributed by atoms with Gasteiger partial charge < -0.3 is 14.0 Å². The van der Waals surface area contributed by atoms with Gasteiger partial charge in [0.15, 0.2) is 0 Å². The van der Waals surface area contributed by atoms with E-state index in [1.54, 1.807) is 0 Å². The molecular weight excluding hydrogens is 533 g/mol. The van der Waals surface area contributed by atoms with Crippen LogP contribution in [0.15, 0.2) is 30.9 Å². The minimum atomic E-state index is -4.65. The van der Waals surface area contributed by atoms with Crippen molar-refractivity contribution >= 4 is 22.3 Å². The lowest BCUT2D eigenvalue weighted by Gasteiger charge is -2.19. The summed E-state index contributed by atoms with van der Waals surface area (Å²) in [6.07, 6.45) is 6.01. The van der Waals surface area contributed by atoms with Gasteiger partial charge in [-0.3, -0.25) is 9.17 Å². The Morgan fingerprint density at radius 1 is 1.08 bits per heavy atom. The number of esters is 2. The lowest BCUT2D eigenvalue weighted by molar-refractivity contribution is -0.700. The van der Waals surface area contributed by atoms with Crippen molar-refractivity contribution in [1.29, 1.82) is 0 Å². The van der Waals surface area contributed by atoms with Crippen LogP contribution < -0.4 is 4.57 Å². The molecule has 0 bridgehead atoms. The van der Waals surface area contributed by atoms with Crippen molar-refractivity contribution in [3.8, 4) is 0 Å². The Morgan fingerprint density at radius 3 is 2.21 bits per heavy atom. The number of imidazole rings is 1. The molecule has 1 atom stereocenters. The molecule has 14 heteroatoms. The number of ether oxygens (including phenoxy) is 2. The summed E-state index contributed by atoms with van der Waals surface area (Å²) in [5.41, 5.74) is -1.56. The van der Waals surface area contributed by atoms with Crippen LogP contribution in [-0.4, -0.2) is 50.7 Å². The number of halogens is 3. The summed E-state index contributed by atoms with van der Waals surface area (Å²) in [5.74, 6) is -1.71. The number of nitrogens with zero attached hydrogens (tertiary/aromatic N) is 1. The maximum Gasteiger partial charge on any atom is 0.416 e. The SMILES string of the molecule is CCCCCCCCOS(=O)(=O)[O-].COC(=O)c1c(C(C(=O)OC)[n+]2cc[nH]c2)ccc(C(F)(F)F)c1C. The molecule has 1 aromatic heterocycles. The van der Waals surface area contributed by atoms with E-state index in [1.807, 2.05) is 0 Å². The van der Waals surface area contributed by atoms with Crippen LogP contribution in [0.5, 0.6) is 0 Å². The average Bonchev–Trinajstić information content (AvgIpc) is 3.36. The van der Waals surface area contributed by atoms with Crippen molar-refractivity contribution in [1.82, 2.24) is 4.98 Å². The standard InChI is InChI=1S/C16H15F3N2O4.C8H18O4S/c1-9-11(16(17,18)19)5-4-10(12(9)14(22)24-2)13(15(23)25-3)21-7-6-20-8-21;1-2-3-4-5-6-7-8-12-13(9,10)11/h4-8,13H,1-3H3;2-8H2,1H3,(H,9,10,11). The van der Waals surface area contributed by atoms with Crippen molar-refractivity contribution in [3.63, 3.8) is 0 Å². The summed E-state index contributed by atoms with van der Waals surface area (Å²) in [5, 5.41) is 0. The second kappa shape index (κ2) is 15.4. The van der Waals surface area contributed by atoms with Crippen molar-refractivity contribution in [2.45, 2.75) is 64.6 Å². The van der Waals surface area contributed by atoms with Gasteiger partial charge in [-0.1, -0.05) is 45.1 Å². The monoisotopic (exact) mass is 566 g/mol. The molecule has 0 aliphatic rings. The van der Waals surface area contributed by atoms with Gasteiger partial charge in [0.25, 0.3) is 0 Å². The van der Waals surface area contributed by atoms with Gasteiger partial charge >= 0.3 is 18.1 Å². The molecule has 1 N–H and O–H groups in total. The summed E-state index contributed by atoms with van der Waals surface area (Å²) in [7, 11) is -2.26. The van der Waals surface area contributed by atoms with Crippen LogP contribution in [0.25, 0.3) is 0 Å². The van der Waals surface area contributed by atoms with Gasteiger partial charge in [0.2, 0.25) is 22.8 Å². The minimum absolute atomic E-state index is 0.0258. The first-order valence-corrected chi connectivity index (χ1v) is 13.1. The van der Waals surface area contributed by atoms with E-state index in [1.165, 1.54) is 42.6 Å². The highest BCUT2D eigenvalue weighted by Gasteiger charge is 2.38. The number of unbranched alkanes of at least 4 members (excludes halogenated alkanes) is 5. The summed E-state index contributed by atoms with van der Waals surface area (Å²) in [6.45, 7) is 3.32. The molecule has 1 heterocycles. The third kappa shape index (κ3) is 10.4. The number of carbonyl (C=O) groups excluding carboxylic acids is 2. The van der Waals surface area contributed by atoms with E-state index < -0.39 is 40.1 Å². The maximum absolute atomic E-state index is 13.2. The quantitative estimate of drug-likeness (QED) is 0.134. The van der Waals surface area contributed by atoms with Crippen molar-refractivity contribution in [2.75, 3.05) is 20.8 Å². The molecule has 38 heavy (non-hydrogen) atoms. The number of rotatable bonds is 12. The maximum atomic E-state index is 13.2. The Morgan fingerprint density at radius 2 is 1.71 bits per heavy atom. The molecule has 0 spiro atoms. The fourth-order valence-electron chi connectivity index (χ4n) is 3.67. The van der Waals surface area contributed by atoms with E-state index in [0.29, 0.717) is 6.42 Å². The third-order valence-electron chi connectivity index (χ3n) is 5.50. The molecule has 0 saturated carbocycles. The number of alkyl halides is 3. The highest BCUT2D eigenvalue weighted by Crippen LogP contribution is 2.36. The molecule has 0 saturated heterocycles. The zero-order valence-corrected chi connectivity index (χ0v) is 22.5. The predicted octanol–water partition coefficient (Wildman–Crippen LogP) is 4.00. The number of aromatic nitrogens is 2. The Kier molecular flexibility index (Phi) is 13.4. The van der Waals surface area contributed by atoms with Gasteiger partial charge in [0.1, 0.15) is 12.4 Å². The van der Waals surface area contributed by atoms with Gasteiger partial charge in [-0.2, -0.15) is 13.2 Å². The van der Waals surface area contributed by atoms with Gasteiger partial charge in [-0.15, -0.1) is 0 Å². The Balaban J connectivity index is 0.000000471. The first kappa shape index (κ1) is 33.1. The molecule has 214 valence electrons. The number of benzene rings is 1. The number of carbonyl (C=O) groups is 2. The topological polar surface area (TPSA) is 139 Å². The predicted molar refractivity (Wildman–Crippen MR) is 128 cm³/mol. The molecule has 0 amide bonds. The Hall–Kier alpha value is -2.97. The minimum Gasteiger partial charge on any atom is -0.726 e. The lowest BCUT2D eigenvalue weighted by atomic mass is 9.92. The lowest BCUT2D eigenvalue weighted by Crippen LogP contribution is -2.44. The number of methoxy groups -OCH3 is 2. The molecule has 1 aromatic carbocycles. The van der Waals surface area contributed by atoms with Gasteiger partial charge in [0.05, 0.1) is 32.0 Å². The van der Waals surface area contributed by atoms with Gasteiger partial charge in [0, 0.05) is 5.56 Å². The molecule has 10 nitrogen and oxygen atoms in total. The molecule has 1 unspecified atom stereocenters. The number of hydrogen-bond acceptors (Lipinski definition) is 8. The molecule has 0 radical (unpaired) electrons. The smallest absolute Gasteiger partial charge is 0.416 e. The molecule has 0 fully saturated rings. The zero-order valence-electron chi connectivity index (χ0n) is 21.7. The first-order valence-electron chi connectivity index (χ1n) is 11.8. The first-order chi connectivity index (χ1) is 17.8. The van der Waals surface area contributed by atoms with Crippen LogP contribution in [0.1, 0.15) is 78.5 Å². The van der Waals surface area contributed by atoms with Crippen LogP contribution in [0.3, 0.4) is 0 Å². The van der Waals surface area contributed by atoms with Crippen molar-refractivity contribution < 1.29 is 54.0 Å². The summed E-state index contributed by atoms with van der Waals surface area (Å²) in [6, 6.07) is 0.774. The van der Waals surface area contributed by atoms with Crippen LogP contribution in [0.2, 0.25) is 0 Å². The number of H-pyrrole nitrogens is 1. The zero-order chi connectivity index (χ0) is 28.9. The summed E-state index contributed by atoms with van der Waals surface area (Å²) >= 11 is 0. The fourth-order valence-corrected chi connectivity index (χ4v) is 3.99. The molecule has 2 rings (SSSR count). The van der Waals surface area contributed by atoms with E-state index in [9.17, 15) is 35.7 Å². The number of aromatic amines is 1. The second-order valence-electron chi connectivity index (χ2n) is 8.17. The number of hydrogen-bond donors (Lipinski definition) is 1. The van der Waals surface area contributed by atoms with Crippen LogP contribution in [0, 0.1) is 6.92 Å². The Bertz CT molecular complexity index is 1140. The fraction of sp³-hybridized carbons (Fsp3) is 0.542. The average molecular weight is 567 g/mol. The van der Waals surface area contributed by atoms with Crippen LogP contribution >= 0.6 is 0 Å². The molecule has 0 aliphatic carbocycles. The third-order valence-corrected chi connectivity index (χ3v) is 5.96. The molecule has 2 aromatic rings.